The second-order valence-electron chi connectivity index (χ2n) is 1.53. The maximum atomic E-state index is 10.3. The molecule has 0 rings (SSSR count). The first-order valence-corrected chi connectivity index (χ1v) is 2.71. The molecule has 0 bridgehead atoms. The largest absolute Gasteiger partial charge is 0.534 e. The van der Waals surface area contributed by atoms with Crippen LogP contribution in [-0.4, -0.2) is 5.91 Å². The van der Waals surface area contributed by atoms with Gasteiger partial charge in [-0.3, -0.25) is 7.05 Å². The van der Waals surface area contributed by atoms with Crippen LogP contribution in [0.3, 0.4) is 0 Å². The molecule has 1 N–H and O–H groups in total. The molecule has 0 fully saturated rings. The minimum absolute atomic E-state index is 0. The first-order chi connectivity index (χ1) is 3.81. The van der Waals surface area contributed by atoms with Crippen LogP contribution in [0.2, 0.25) is 0 Å². The predicted molar refractivity (Wildman–Crippen MR) is 32.7 cm³/mol. The van der Waals surface area contributed by atoms with Crippen LogP contribution in [0.4, 0.5) is 0 Å². The molecule has 0 heterocycles. The number of amides is 1. The second kappa shape index (κ2) is 8.44. The van der Waals surface area contributed by atoms with E-state index in [2.05, 4.69) is 12.4 Å². The van der Waals surface area contributed by atoms with E-state index in [4.69, 9.17) is 0 Å². The Hall–Kier alpha value is 0.444. The molecule has 0 aromatic rings. The summed E-state index contributed by atoms with van der Waals surface area (Å²) >= 11 is 0. The first kappa shape index (κ1) is 12.2. The summed E-state index contributed by atoms with van der Waals surface area (Å²) in [6.45, 7) is 2.02. The van der Waals surface area contributed by atoms with E-state index in [1.165, 1.54) is 0 Å². The monoisotopic (exact) mass is 202 g/mol. The van der Waals surface area contributed by atoms with E-state index in [-0.39, 0.29) is 38.6 Å². The SMILES string of the molecule is [CH2-]NC(=O)[CH-]CCC.[Y]. The van der Waals surface area contributed by atoms with Gasteiger partial charge in [0.25, 0.3) is 0 Å². The van der Waals surface area contributed by atoms with E-state index in [0.717, 1.165) is 12.8 Å². The molecule has 0 aliphatic rings. The fraction of sp³-hybridized carbons (Fsp3) is 0.500. The van der Waals surface area contributed by atoms with Crippen LogP contribution in [0, 0.1) is 13.5 Å². The third-order valence-corrected chi connectivity index (χ3v) is 0.793. The molecule has 0 aromatic heterocycles. The van der Waals surface area contributed by atoms with E-state index < -0.39 is 0 Å². The molecule has 0 aromatic carbocycles. The van der Waals surface area contributed by atoms with Gasteiger partial charge in [-0.1, -0.05) is 13.3 Å². The number of hydrogen-bond acceptors (Lipinski definition) is 1. The average Bonchev–Trinajstić information content (AvgIpc) is 1.83. The summed E-state index contributed by atoms with van der Waals surface area (Å²) in [7, 11) is 3.21. The van der Waals surface area contributed by atoms with Crippen molar-refractivity contribution in [2.45, 2.75) is 19.8 Å². The third-order valence-electron chi connectivity index (χ3n) is 0.793. The molecule has 0 aliphatic heterocycles. The van der Waals surface area contributed by atoms with Gasteiger partial charge in [-0.05, 0) is 0 Å². The van der Waals surface area contributed by atoms with Gasteiger partial charge in [-0.25, -0.2) is 0 Å². The Bertz CT molecular complexity index is 75.5. The average molecular weight is 202 g/mol. The van der Waals surface area contributed by atoms with Gasteiger partial charge in [-0.15, -0.1) is 0 Å². The summed E-state index contributed by atoms with van der Waals surface area (Å²) in [6, 6.07) is 0. The zero-order chi connectivity index (χ0) is 6.41. The molecule has 3 heteroatoms. The van der Waals surface area contributed by atoms with Gasteiger partial charge in [0.2, 0.25) is 0 Å². The maximum Gasteiger partial charge on any atom is 0.0529 e. The summed E-state index contributed by atoms with van der Waals surface area (Å²) in [5, 5.41) is 2.26. The number of nitrogens with one attached hydrogen (secondary N) is 1. The van der Waals surface area contributed by atoms with E-state index >= 15 is 0 Å². The van der Waals surface area contributed by atoms with E-state index in [1.807, 2.05) is 6.92 Å². The Morgan fingerprint density at radius 1 is 1.78 bits per heavy atom. The molecule has 1 amide bonds. The summed E-state index contributed by atoms with van der Waals surface area (Å²) in [5.74, 6) is -0.0909. The molecular weight excluding hydrogens is 191 g/mol. The number of rotatable bonds is 3. The molecule has 0 saturated heterocycles. The molecule has 0 spiro atoms. The van der Waals surface area contributed by atoms with Crippen LogP contribution >= 0.6 is 0 Å². The van der Waals surface area contributed by atoms with Gasteiger partial charge in [0.05, 0.1) is 5.91 Å². The van der Waals surface area contributed by atoms with E-state index in [0.29, 0.717) is 0 Å². The first-order valence-electron chi connectivity index (χ1n) is 2.71. The molecule has 51 valence electrons. The van der Waals surface area contributed by atoms with Crippen molar-refractivity contribution >= 4 is 5.91 Å². The standard InChI is InChI=1S/C6H11NO.Y/c1-3-4-5-6(8)7-2;/h5H,2-4H2,1H3,(H,7,8);/q-2;. The zero-order valence-electron chi connectivity index (χ0n) is 5.68. The molecule has 0 unspecified atom stereocenters. The van der Waals surface area contributed by atoms with Crippen molar-refractivity contribution in [2.75, 3.05) is 0 Å². The third kappa shape index (κ3) is 8.44. The molecule has 2 nitrogen and oxygen atoms in total. The van der Waals surface area contributed by atoms with Crippen molar-refractivity contribution < 1.29 is 37.5 Å². The summed E-state index contributed by atoms with van der Waals surface area (Å²) in [6.07, 6.45) is 3.43. The summed E-state index contributed by atoms with van der Waals surface area (Å²) < 4.78 is 0. The number of hydrogen-bond donors (Lipinski definition) is 1. The Balaban J connectivity index is 0. The van der Waals surface area contributed by atoms with E-state index in [9.17, 15) is 4.79 Å². The van der Waals surface area contributed by atoms with Gasteiger partial charge in [0.15, 0.2) is 0 Å². The van der Waals surface area contributed by atoms with Crippen LogP contribution in [0.5, 0.6) is 0 Å². The molecule has 0 saturated carbocycles. The Morgan fingerprint density at radius 3 is 2.67 bits per heavy atom. The van der Waals surface area contributed by atoms with Gasteiger partial charge in [0.1, 0.15) is 0 Å². The Morgan fingerprint density at radius 2 is 2.33 bits per heavy atom. The Labute approximate surface area is 81.7 Å². The smallest absolute Gasteiger partial charge is 0.0529 e. The molecule has 9 heavy (non-hydrogen) atoms. The van der Waals surface area contributed by atoms with Gasteiger partial charge in [0, 0.05) is 32.7 Å². The minimum Gasteiger partial charge on any atom is -0.534 e. The summed E-state index contributed by atoms with van der Waals surface area (Å²) in [5.41, 5.74) is 0. The van der Waals surface area contributed by atoms with Crippen molar-refractivity contribution in [2.24, 2.45) is 0 Å². The fourth-order valence-corrected chi connectivity index (χ4v) is 0.348. The van der Waals surface area contributed by atoms with Crippen LogP contribution in [0.1, 0.15) is 19.8 Å². The van der Waals surface area contributed by atoms with E-state index in [1.54, 1.807) is 6.42 Å². The quantitative estimate of drug-likeness (QED) is 0.676. The fourth-order valence-electron chi connectivity index (χ4n) is 0.348. The van der Waals surface area contributed by atoms with Gasteiger partial charge < -0.3 is 16.5 Å². The molecule has 1 radical (unpaired) electrons. The van der Waals surface area contributed by atoms with Crippen LogP contribution in [-0.2, 0) is 37.5 Å². The van der Waals surface area contributed by atoms with Gasteiger partial charge >= 0.3 is 0 Å². The number of carbonyl (C=O) groups is 1. The molecule has 0 atom stereocenters. The second-order valence-corrected chi connectivity index (χ2v) is 1.53. The summed E-state index contributed by atoms with van der Waals surface area (Å²) in [4.78, 5) is 10.3. The van der Waals surface area contributed by atoms with Crippen molar-refractivity contribution in [1.29, 1.82) is 0 Å². The maximum absolute atomic E-state index is 10.3. The van der Waals surface area contributed by atoms with Crippen molar-refractivity contribution in [3.05, 3.63) is 13.5 Å². The number of unbranched alkanes of at least 4 members (excludes halogenated alkanes) is 1. The van der Waals surface area contributed by atoms with Crippen LogP contribution in [0.25, 0.3) is 0 Å². The van der Waals surface area contributed by atoms with Crippen molar-refractivity contribution in [3.63, 3.8) is 0 Å². The minimum atomic E-state index is -0.0909. The van der Waals surface area contributed by atoms with Crippen molar-refractivity contribution in [1.82, 2.24) is 5.32 Å². The van der Waals surface area contributed by atoms with Gasteiger partial charge in [-0.2, -0.15) is 6.42 Å². The van der Waals surface area contributed by atoms with Crippen molar-refractivity contribution in [3.8, 4) is 0 Å². The number of carbonyl (C=O) groups excluding carboxylic acids is 1. The van der Waals surface area contributed by atoms with Crippen LogP contribution < -0.4 is 5.32 Å². The van der Waals surface area contributed by atoms with Crippen LogP contribution in [0.15, 0.2) is 0 Å². The zero-order valence-corrected chi connectivity index (χ0v) is 8.52. The topological polar surface area (TPSA) is 29.1 Å². The molecular formula is C6H11NOY-2. The molecule has 0 aliphatic carbocycles. The normalized spacial score (nSPS) is 7.33. The predicted octanol–water partition coefficient (Wildman–Crippen LogP) is 0.896. The Kier molecular flexibility index (Phi) is 11.4.